The van der Waals surface area contributed by atoms with Gasteiger partial charge in [-0.3, -0.25) is 4.79 Å². The third-order valence-electron chi connectivity index (χ3n) is 5.65. The van der Waals surface area contributed by atoms with Gasteiger partial charge >= 0.3 is 0 Å². The van der Waals surface area contributed by atoms with Crippen LogP contribution in [0.2, 0.25) is 0 Å². The summed E-state index contributed by atoms with van der Waals surface area (Å²) in [4.78, 5) is 17.7. The standard InChI is InChI=1S/C21H26N2O2/c1-22-11-9-17(10-12-22)23(15-18-8-5-13-25-18)21(24)20-14-19(20)16-6-3-2-4-7-16/h2-8,13,17,19-20H,9-12,14-15H2,1H3/t19-,20+/m1/s1. The number of nitrogens with zero attached hydrogens (tertiary/aromatic N) is 2. The van der Waals surface area contributed by atoms with Crippen molar-refractivity contribution in [3.05, 3.63) is 60.1 Å². The van der Waals surface area contributed by atoms with Crippen LogP contribution in [0.1, 0.15) is 36.5 Å². The van der Waals surface area contributed by atoms with E-state index in [-0.39, 0.29) is 5.92 Å². The second kappa shape index (κ2) is 7.04. The van der Waals surface area contributed by atoms with E-state index in [2.05, 4.69) is 41.1 Å². The summed E-state index contributed by atoms with van der Waals surface area (Å²) < 4.78 is 5.53. The molecule has 1 saturated heterocycles. The van der Waals surface area contributed by atoms with Crippen LogP contribution >= 0.6 is 0 Å². The summed E-state index contributed by atoms with van der Waals surface area (Å²) in [6, 6.07) is 14.6. The summed E-state index contributed by atoms with van der Waals surface area (Å²) in [7, 11) is 2.15. The molecule has 0 N–H and O–H groups in total. The minimum Gasteiger partial charge on any atom is -0.467 e. The number of piperidine rings is 1. The summed E-state index contributed by atoms with van der Waals surface area (Å²) in [5.41, 5.74) is 1.29. The molecule has 0 bridgehead atoms. The van der Waals surface area contributed by atoms with Gasteiger partial charge in [-0.2, -0.15) is 0 Å². The van der Waals surface area contributed by atoms with Crippen molar-refractivity contribution in [2.75, 3.05) is 20.1 Å². The van der Waals surface area contributed by atoms with Gasteiger partial charge in [-0.05, 0) is 63.0 Å². The van der Waals surface area contributed by atoms with Crippen LogP contribution in [0.4, 0.5) is 0 Å². The molecule has 4 rings (SSSR count). The first kappa shape index (κ1) is 16.4. The van der Waals surface area contributed by atoms with E-state index in [1.54, 1.807) is 6.26 Å². The molecule has 0 unspecified atom stereocenters. The SMILES string of the molecule is CN1CCC(N(Cc2ccco2)C(=O)[C@H]2C[C@@H]2c2ccccc2)CC1. The lowest BCUT2D eigenvalue weighted by molar-refractivity contribution is -0.137. The van der Waals surface area contributed by atoms with Gasteiger partial charge in [0.2, 0.25) is 5.91 Å². The van der Waals surface area contributed by atoms with Crippen LogP contribution < -0.4 is 0 Å². The van der Waals surface area contributed by atoms with E-state index in [1.165, 1.54) is 5.56 Å². The predicted octanol–water partition coefficient (Wildman–Crippen LogP) is 3.51. The number of benzene rings is 1. The zero-order chi connectivity index (χ0) is 17.2. The predicted molar refractivity (Wildman–Crippen MR) is 97.1 cm³/mol. The largest absolute Gasteiger partial charge is 0.467 e. The number of likely N-dealkylation sites (tertiary alicyclic amines) is 1. The molecule has 0 spiro atoms. The van der Waals surface area contributed by atoms with Crippen LogP contribution in [0.3, 0.4) is 0 Å². The highest BCUT2D eigenvalue weighted by Gasteiger charge is 2.47. The van der Waals surface area contributed by atoms with Gasteiger partial charge in [-0.15, -0.1) is 0 Å². The molecule has 2 aromatic rings. The molecule has 1 aromatic heterocycles. The van der Waals surface area contributed by atoms with Crippen molar-refractivity contribution < 1.29 is 9.21 Å². The number of hydrogen-bond donors (Lipinski definition) is 0. The Hall–Kier alpha value is -2.07. The smallest absolute Gasteiger partial charge is 0.226 e. The van der Waals surface area contributed by atoms with Crippen molar-refractivity contribution >= 4 is 5.91 Å². The van der Waals surface area contributed by atoms with Gasteiger partial charge in [-0.25, -0.2) is 0 Å². The number of hydrogen-bond acceptors (Lipinski definition) is 3. The lowest BCUT2D eigenvalue weighted by Crippen LogP contribution is -2.46. The van der Waals surface area contributed by atoms with Crippen molar-refractivity contribution in [1.29, 1.82) is 0 Å². The Balaban J connectivity index is 1.48. The molecule has 132 valence electrons. The second-order valence-corrected chi connectivity index (χ2v) is 7.44. The Labute approximate surface area is 149 Å². The van der Waals surface area contributed by atoms with E-state index in [0.717, 1.165) is 38.1 Å². The van der Waals surface area contributed by atoms with Crippen LogP contribution in [0.25, 0.3) is 0 Å². The van der Waals surface area contributed by atoms with Gasteiger partial charge in [0, 0.05) is 12.0 Å². The molecule has 0 radical (unpaired) electrons. The van der Waals surface area contributed by atoms with Crippen molar-refractivity contribution in [2.24, 2.45) is 5.92 Å². The summed E-state index contributed by atoms with van der Waals surface area (Å²) in [6.45, 7) is 2.71. The van der Waals surface area contributed by atoms with Crippen LogP contribution in [0.15, 0.2) is 53.1 Å². The zero-order valence-electron chi connectivity index (χ0n) is 14.8. The number of carbonyl (C=O) groups excluding carboxylic acids is 1. The second-order valence-electron chi connectivity index (χ2n) is 7.44. The zero-order valence-corrected chi connectivity index (χ0v) is 14.8. The molecule has 1 amide bonds. The number of amides is 1. The van der Waals surface area contributed by atoms with E-state index in [1.807, 2.05) is 18.2 Å². The topological polar surface area (TPSA) is 36.7 Å². The Bertz CT molecular complexity index is 690. The normalized spacial score (nSPS) is 24.2. The highest BCUT2D eigenvalue weighted by atomic mass is 16.3. The maximum atomic E-state index is 13.3. The molecule has 2 fully saturated rings. The maximum Gasteiger partial charge on any atom is 0.226 e. The lowest BCUT2D eigenvalue weighted by Gasteiger charge is -2.37. The molecule has 2 atom stereocenters. The lowest BCUT2D eigenvalue weighted by atomic mass is 10.0. The summed E-state index contributed by atoms with van der Waals surface area (Å²) in [6.07, 6.45) is 4.76. The Kier molecular flexibility index (Phi) is 4.62. The summed E-state index contributed by atoms with van der Waals surface area (Å²) >= 11 is 0. The molecule has 1 aromatic carbocycles. The quantitative estimate of drug-likeness (QED) is 0.837. The van der Waals surface area contributed by atoms with Gasteiger partial charge < -0.3 is 14.2 Å². The molecule has 1 aliphatic carbocycles. The van der Waals surface area contributed by atoms with Crippen LogP contribution in [-0.2, 0) is 11.3 Å². The molecule has 2 aliphatic rings. The number of furan rings is 1. The highest BCUT2D eigenvalue weighted by Crippen LogP contribution is 2.49. The van der Waals surface area contributed by atoms with Gasteiger partial charge in [0.05, 0.1) is 12.8 Å². The molecule has 2 heterocycles. The van der Waals surface area contributed by atoms with Crippen molar-refractivity contribution in [3.63, 3.8) is 0 Å². The third kappa shape index (κ3) is 3.64. The van der Waals surface area contributed by atoms with Gasteiger partial charge in [-0.1, -0.05) is 30.3 Å². The first-order valence-corrected chi connectivity index (χ1v) is 9.28. The summed E-state index contributed by atoms with van der Waals surface area (Å²) in [5.74, 6) is 1.71. The number of rotatable bonds is 5. The molecule has 4 nitrogen and oxygen atoms in total. The van der Waals surface area contributed by atoms with Crippen LogP contribution in [0, 0.1) is 5.92 Å². The van der Waals surface area contributed by atoms with E-state index < -0.39 is 0 Å². The van der Waals surface area contributed by atoms with Crippen LogP contribution in [0.5, 0.6) is 0 Å². The van der Waals surface area contributed by atoms with E-state index >= 15 is 0 Å². The van der Waals surface area contributed by atoms with E-state index in [0.29, 0.717) is 24.4 Å². The maximum absolute atomic E-state index is 13.3. The van der Waals surface area contributed by atoms with Gasteiger partial charge in [0.15, 0.2) is 0 Å². The molecule has 1 saturated carbocycles. The third-order valence-corrected chi connectivity index (χ3v) is 5.65. The van der Waals surface area contributed by atoms with Gasteiger partial charge in [0.1, 0.15) is 5.76 Å². The minimum absolute atomic E-state index is 0.136. The first-order chi connectivity index (χ1) is 12.2. The van der Waals surface area contributed by atoms with Crippen LogP contribution in [-0.4, -0.2) is 41.9 Å². The fourth-order valence-corrected chi connectivity index (χ4v) is 4.01. The van der Waals surface area contributed by atoms with Crippen molar-refractivity contribution in [3.8, 4) is 0 Å². The Morgan fingerprint density at radius 2 is 1.92 bits per heavy atom. The molecular formula is C21H26N2O2. The molecule has 1 aliphatic heterocycles. The van der Waals surface area contributed by atoms with Gasteiger partial charge in [0.25, 0.3) is 0 Å². The highest BCUT2D eigenvalue weighted by molar-refractivity contribution is 5.83. The molecule has 25 heavy (non-hydrogen) atoms. The average Bonchev–Trinajstić information content (AvgIpc) is 3.29. The fourth-order valence-electron chi connectivity index (χ4n) is 4.01. The minimum atomic E-state index is 0.136. The molecule has 4 heteroatoms. The number of carbonyl (C=O) groups is 1. The first-order valence-electron chi connectivity index (χ1n) is 9.28. The van der Waals surface area contributed by atoms with E-state index in [9.17, 15) is 4.79 Å². The Morgan fingerprint density at radius 3 is 2.60 bits per heavy atom. The molecular weight excluding hydrogens is 312 g/mol. The average molecular weight is 338 g/mol. The Morgan fingerprint density at radius 1 is 1.16 bits per heavy atom. The monoisotopic (exact) mass is 338 g/mol. The van der Waals surface area contributed by atoms with Crippen molar-refractivity contribution in [1.82, 2.24) is 9.80 Å². The van der Waals surface area contributed by atoms with Crippen molar-refractivity contribution in [2.45, 2.75) is 37.8 Å². The summed E-state index contributed by atoms with van der Waals surface area (Å²) in [5, 5.41) is 0. The van der Waals surface area contributed by atoms with E-state index in [4.69, 9.17) is 4.42 Å². The fraction of sp³-hybridized carbons (Fsp3) is 0.476.